The van der Waals surface area contributed by atoms with Crippen molar-refractivity contribution in [2.45, 2.75) is 38.8 Å². The lowest BCUT2D eigenvalue weighted by Crippen LogP contribution is -2.34. The first-order chi connectivity index (χ1) is 13.2. The van der Waals surface area contributed by atoms with Crippen LogP contribution in [0.3, 0.4) is 0 Å². The average Bonchev–Trinajstić information content (AvgIpc) is 3.09. The van der Waals surface area contributed by atoms with Gasteiger partial charge in [-0.15, -0.1) is 10.2 Å². The molecule has 0 radical (unpaired) electrons. The van der Waals surface area contributed by atoms with Gasteiger partial charge in [0.2, 0.25) is 0 Å². The molecular formula is C20H27N7. The molecule has 0 aliphatic carbocycles. The SMILES string of the molecule is CCn1c(CN(C)C)nnc1C1CCN(c2cnc3ccccc3n2)CC1. The van der Waals surface area contributed by atoms with Gasteiger partial charge in [-0.1, -0.05) is 12.1 Å². The standard InChI is InChI=1S/C20H27N7/c1-4-27-19(14-25(2)3)23-24-20(27)15-9-11-26(12-10-15)18-13-21-16-7-5-6-8-17(16)22-18/h5-8,13,15H,4,9-12,14H2,1-3H3. The van der Waals surface area contributed by atoms with Crippen LogP contribution in [0.1, 0.15) is 37.3 Å². The van der Waals surface area contributed by atoms with E-state index in [2.05, 4.69) is 50.6 Å². The Morgan fingerprint density at radius 2 is 1.81 bits per heavy atom. The van der Waals surface area contributed by atoms with Crippen LogP contribution in [0.25, 0.3) is 11.0 Å². The van der Waals surface area contributed by atoms with Crippen LogP contribution < -0.4 is 4.90 Å². The van der Waals surface area contributed by atoms with Gasteiger partial charge >= 0.3 is 0 Å². The van der Waals surface area contributed by atoms with Crippen molar-refractivity contribution in [1.82, 2.24) is 29.6 Å². The van der Waals surface area contributed by atoms with E-state index in [0.717, 1.165) is 67.5 Å². The zero-order chi connectivity index (χ0) is 18.8. The summed E-state index contributed by atoms with van der Waals surface area (Å²) in [5.74, 6) is 3.62. The van der Waals surface area contributed by atoms with E-state index < -0.39 is 0 Å². The van der Waals surface area contributed by atoms with Gasteiger partial charge in [0.1, 0.15) is 17.5 Å². The van der Waals surface area contributed by atoms with Gasteiger partial charge in [0, 0.05) is 25.6 Å². The minimum atomic E-state index is 0.457. The molecule has 7 nitrogen and oxygen atoms in total. The lowest BCUT2D eigenvalue weighted by Gasteiger charge is -2.32. The van der Waals surface area contributed by atoms with Crippen molar-refractivity contribution < 1.29 is 0 Å². The van der Waals surface area contributed by atoms with Gasteiger partial charge in [-0.05, 0) is 46.0 Å². The molecule has 1 fully saturated rings. The summed E-state index contributed by atoms with van der Waals surface area (Å²) in [5.41, 5.74) is 1.90. The number of rotatable bonds is 5. The second kappa shape index (κ2) is 7.60. The third-order valence-corrected chi connectivity index (χ3v) is 5.25. The topological polar surface area (TPSA) is 63.0 Å². The lowest BCUT2D eigenvalue weighted by atomic mass is 9.96. The fourth-order valence-corrected chi connectivity index (χ4v) is 3.86. The molecule has 27 heavy (non-hydrogen) atoms. The van der Waals surface area contributed by atoms with Gasteiger partial charge in [-0.2, -0.15) is 0 Å². The molecule has 0 saturated carbocycles. The van der Waals surface area contributed by atoms with Gasteiger partial charge in [0.25, 0.3) is 0 Å². The van der Waals surface area contributed by atoms with Crippen molar-refractivity contribution in [3.05, 3.63) is 42.1 Å². The molecule has 3 aromatic rings. The molecule has 4 rings (SSSR count). The second-order valence-corrected chi connectivity index (χ2v) is 7.43. The second-order valence-electron chi connectivity index (χ2n) is 7.43. The fraction of sp³-hybridized carbons (Fsp3) is 0.500. The molecule has 3 heterocycles. The van der Waals surface area contributed by atoms with E-state index in [1.165, 1.54) is 0 Å². The smallest absolute Gasteiger partial charge is 0.147 e. The first-order valence-electron chi connectivity index (χ1n) is 9.69. The molecule has 0 spiro atoms. The predicted molar refractivity (Wildman–Crippen MR) is 107 cm³/mol. The van der Waals surface area contributed by atoms with Gasteiger partial charge in [0.05, 0.1) is 23.8 Å². The van der Waals surface area contributed by atoms with Gasteiger partial charge < -0.3 is 14.4 Å². The maximum absolute atomic E-state index is 4.79. The number of benzene rings is 1. The number of hydrogen-bond acceptors (Lipinski definition) is 6. The molecular weight excluding hydrogens is 338 g/mol. The van der Waals surface area contributed by atoms with Crippen LogP contribution in [0.15, 0.2) is 30.5 Å². The number of para-hydroxylation sites is 2. The van der Waals surface area contributed by atoms with Crippen molar-refractivity contribution in [2.75, 3.05) is 32.1 Å². The summed E-state index contributed by atoms with van der Waals surface area (Å²) in [6.45, 7) is 5.86. The number of piperidine rings is 1. The van der Waals surface area contributed by atoms with Crippen molar-refractivity contribution in [3.8, 4) is 0 Å². The Balaban J connectivity index is 1.47. The van der Waals surface area contributed by atoms with Gasteiger partial charge in [-0.3, -0.25) is 4.98 Å². The highest BCUT2D eigenvalue weighted by Gasteiger charge is 2.26. The number of anilines is 1. The normalized spacial score (nSPS) is 15.8. The number of aromatic nitrogens is 5. The lowest BCUT2D eigenvalue weighted by molar-refractivity contribution is 0.377. The van der Waals surface area contributed by atoms with Crippen LogP contribution in [0, 0.1) is 0 Å². The maximum atomic E-state index is 4.79. The molecule has 2 aromatic heterocycles. The fourth-order valence-electron chi connectivity index (χ4n) is 3.86. The van der Waals surface area contributed by atoms with E-state index in [1.807, 2.05) is 30.5 Å². The Morgan fingerprint density at radius 1 is 1.07 bits per heavy atom. The molecule has 1 aliphatic heterocycles. The van der Waals surface area contributed by atoms with E-state index in [-0.39, 0.29) is 0 Å². The summed E-state index contributed by atoms with van der Waals surface area (Å²) in [6, 6.07) is 8.03. The molecule has 0 bridgehead atoms. The predicted octanol–water partition coefficient (Wildman–Crippen LogP) is 2.69. The summed E-state index contributed by atoms with van der Waals surface area (Å²) in [4.78, 5) is 13.8. The molecule has 0 unspecified atom stereocenters. The van der Waals surface area contributed by atoms with Gasteiger partial charge in [0.15, 0.2) is 0 Å². The quantitative estimate of drug-likeness (QED) is 0.693. The Bertz CT molecular complexity index is 910. The van der Waals surface area contributed by atoms with Crippen LogP contribution >= 0.6 is 0 Å². The highest BCUT2D eigenvalue weighted by molar-refractivity contribution is 5.75. The van der Waals surface area contributed by atoms with Crippen molar-refractivity contribution in [2.24, 2.45) is 0 Å². The van der Waals surface area contributed by atoms with Crippen LogP contribution in [-0.4, -0.2) is 56.8 Å². The Hall–Kier alpha value is -2.54. The number of fused-ring (bicyclic) bond motifs is 1. The maximum Gasteiger partial charge on any atom is 0.147 e. The Labute approximate surface area is 160 Å². The number of hydrogen-bond donors (Lipinski definition) is 0. The third kappa shape index (κ3) is 3.64. The monoisotopic (exact) mass is 365 g/mol. The van der Waals surface area contributed by atoms with E-state index in [9.17, 15) is 0 Å². The highest BCUT2D eigenvalue weighted by atomic mass is 15.3. The van der Waals surface area contributed by atoms with Crippen molar-refractivity contribution in [1.29, 1.82) is 0 Å². The van der Waals surface area contributed by atoms with Crippen molar-refractivity contribution in [3.63, 3.8) is 0 Å². The highest BCUT2D eigenvalue weighted by Crippen LogP contribution is 2.29. The molecule has 1 saturated heterocycles. The molecule has 1 aliphatic rings. The Kier molecular flexibility index (Phi) is 5.03. The number of nitrogens with zero attached hydrogens (tertiary/aromatic N) is 7. The van der Waals surface area contributed by atoms with E-state index in [1.54, 1.807) is 0 Å². The zero-order valence-electron chi connectivity index (χ0n) is 16.3. The van der Waals surface area contributed by atoms with Crippen LogP contribution in [0.2, 0.25) is 0 Å². The first kappa shape index (κ1) is 17.9. The van der Waals surface area contributed by atoms with E-state index in [0.29, 0.717) is 5.92 Å². The molecule has 7 heteroatoms. The summed E-state index contributed by atoms with van der Waals surface area (Å²) < 4.78 is 2.29. The minimum absolute atomic E-state index is 0.457. The molecule has 142 valence electrons. The molecule has 1 aromatic carbocycles. The summed E-state index contributed by atoms with van der Waals surface area (Å²) >= 11 is 0. The minimum Gasteiger partial charge on any atom is -0.355 e. The van der Waals surface area contributed by atoms with E-state index >= 15 is 0 Å². The largest absolute Gasteiger partial charge is 0.355 e. The van der Waals surface area contributed by atoms with Crippen LogP contribution in [0.4, 0.5) is 5.82 Å². The summed E-state index contributed by atoms with van der Waals surface area (Å²) in [5, 5.41) is 8.99. The van der Waals surface area contributed by atoms with Crippen molar-refractivity contribution >= 4 is 16.9 Å². The average molecular weight is 365 g/mol. The summed E-state index contributed by atoms with van der Waals surface area (Å²) in [6.07, 6.45) is 4.02. The molecule has 0 amide bonds. The van der Waals surface area contributed by atoms with Crippen LogP contribution in [-0.2, 0) is 13.1 Å². The van der Waals surface area contributed by atoms with Gasteiger partial charge in [-0.25, -0.2) is 4.98 Å². The third-order valence-electron chi connectivity index (χ3n) is 5.25. The van der Waals surface area contributed by atoms with Crippen LogP contribution in [0.5, 0.6) is 0 Å². The van der Waals surface area contributed by atoms with E-state index in [4.69, 9.17) is 4.98 Å². The zero-order valence-corrected chi connectivity index (χ0v) is 16.3. The Morgan fingerprint density at radius 3 is 2.52 bits per heavy atom. The summed E-state index contributed by atoms with van der Waals surface area (Å²) in [7, 11) is 4.13. The molecule has 0 N–H and O–H groups in total. The molecule has 0 atom stereocenters. The first-order valence-corrected chi connectivity index (χ1v) is 9.69.